The Morgan fingerprint density at radius 2 is 1.59 bits per heavy atom. The van der Waals surface area contributed by atoms with E-state index in [-0.39, 0.29) is 0 Å². The summed E-state index contributed by atoms with van der Waals surface area (Å²) in [7, 11) is 0. The molecule has 0 atom stereocenters. The summed E-state index contributed by atoms with van der Waals surface area (Å²) >= 11 is 0. The molecule has 4 bridgehead atoms. The quantitative estimate of drug-likeness (QED) is 0.832. The molecule has 4 aliphatic carbocycles. The first-order valence-corrected chi connectivity index (χ1v) is 9.21. The molecular formula is C20H30N2. The minimum atomic E-state index is 0.458. The van der Waals surface area contributed by atoms with Crippen molar-refractivity contribution in [3.05, 3.63) is 29.8 Å². The molecule has 1 aromatic carbocycles. The van der Waals surface area contributed by atoms with E-state index in [1.165, 1.54) is 49.8 Å². The normalized spacial score (nSPS) is 36.0. The van der Waals surface area contributed by atoms with E-state index in [0.717, 1.165) is 24.3 Å². The van der Waals surface area contributed by atoms with Crippen molar-refractivity contribution < 1.29 is 0 Å². The van der Waals surface area contributed by atoms with Crippen molar-refractivity contribution in [1.82, 2.24) is 5.32 Å². The van der Waals surface area contributed by atoms with Crippen LogP contribution in [-0.4, -0.2) is 11.6 Å². The van der Waals surface area contributed by atoms with Gasteiger partial charge in [0.05, 0.1) is 0 Å². The first-order chi connectivity index (χ1) is 10.6. The van der Waals surface area contributed by atoms with Crippen molar-refractivity contribution in [3.63, 3.8) is 0 Å². The van der Waals surface area contributed by atoms with Gasteiger partial charge < -0.3 is 10.6 Å². The Labute approximate surface area is 135 Å². The van der Waals surface area contributed by atoms with E-state index in [4.69, 9.17) is 0 Å². The Morgan fingerprint density at radius 1 is 1.00 bits per heavy atom. The summed E-state index contributed by atoms with van der Waals surface area (Å²) in [6.45, 7) is 5.44. The van der Waals surface area contributed by atoms with E-state index >= 15 is 0 Å². The highest BCUT2D eigenvalue weighted by Gasteiger charge is 2.50. The van der Waals surface area contributed by atoms with Gasteiger partial charge in [-0.2, -0.15) is 0 Å². The molecular weight excluding hydrogens is 268 g/mol. The van der Waals surface area contributed by atoms with Gasteiger partial charge >= 0.3 is 0 Å². The topological polar surface area (TPSA) is 24.1 Å². The van der Waals surface area contributed by atoms with Crippen LogP contribution in [0.4, 0.5) is 5.69 Å². The van der Waals surface area contributed by atoms with Crippen LogP contribution in [-0.2, 0) is 6.54 Å². The van der Waals surface area contributed by atoms with E-state index in [1.807, 2.05) is 0 Å². The van der Waals surface area contributed by atoms with Crippen LogP contribution in [0.3, 0.4) is 0 Å². The summed E-state index contributed by atoms with van der Waals surface area (Å²) in [5.74, 6) is 3.05. The van der Waals surface area contributed by atoms with Gasteiger partial charge in [0.15, 0.2) is 0 Å². The third kappa shape index (κ3) is 2.78. The summed E-state index contributed by atoms with van der Waals surface area (Å²) in [5.41, 5.74) is 3.18. The lowest BCUT2D eigenvalue weighted by molar-refractivity contribution is -0.0205. The maximum atomic E-state index is 4.02. The highest BCUT2D eigenvalue weighted by molar-refractivity contribution is 5.51. The fourth-order valence-electron chi connectivity index (χ4n) is 5.74. The van der Waals surface area contributed by atoms with Gasteiger partial charge in [0.1, 0.15) is 0 Å². The molecule has 0 heterocycles. The van der Waals surface area contributed by atoms with Gasteiger partial charge in [0, 0.05) is 23.8 Å². The molecule has 4 saturated carbocycles. The van der Waals surface area contributed by atoms with Crippen LogP contribution in [0.1, 0.15) is 57.9 Å². The number of hydrogen-bond donors (Lipinski definition) is 2. The summed E-state index contributed by atoms with van der Waals surface area (Å²) in [6.07, 6.45) is 8.85. The minimum absolute atomic E-state index is 0.458. The lowest BCUT2D eigenvalue weighted by atomic mass is 9.53. The maximum Gasteiger partial charge on any atom is 0.0387 e. The molecule has 4 fully saturated rings. The van der Waals surface area contributed by atoms with Crippen LogP contribution in [0.2, 0.25) is 0 Å². The van der Waals surface area contributed by atoms with E-state index in [2.05, 4.69) is 48.7 Å². The molecule has 22 heavy (non-hydrogen) atoms. The summed E-state index contributed by atoms with van der Waals surface area (Å²) < 4.78 is 0. The molecule has 5 rings (SSSR count). The summed E-state index contributed by atoms with van der Waals surface area (Å²) in [5, 5.41) is 7.61. The standard InChI is InChI=1S/C20H30N2/c1-14(2)22-19-6-4-3-5-18(19)13-21-20-10-15-7-16(11-20)9-17(8-15)12-20/h3-6,14-17,21-22H,7-13H2,1-2H3. The Kier molecular flexibility index (Phi) is 3.68. The molecule has 0 unspecified atom stereocenters. The zero-order chi connectivity index (χ0) is 15.2. The Balaban J connectivity index is 1.47. The van der Waals surface area contributed by atoms with Gasteiger partial charge in [-0.3, -0.25) is 0 Å². The molecule has 0 saturated heterocycles. The molecule has 120 valence electrons. The summed E-state index contributed by atoms with van der Waals surface area (Å²) in [6, 6.07) is 9.29. The molecule has 1 aromatic rings. The molecule has 2 N–H and O–H groups in total. The predicted molar refractivity (Wildman–Crippen MR) is 92.9 cm³/mol. The maximum absolute atomic E-state index is 4.02. The van der Waals surface area contributed by atoms with Crippen LogP contribution < -0.4 is 10.6 Å². The smallest absolute Gasteiger partial charge is 0.0387 e. The molecule has 0 aliphatic heterocycles. The average Bonchev–Trinajstić information content (AvgIpc) is 2.44. The van der Waals surface area contributed by atoms with Gasteiger partial charge in [-0.25, -0.2) is 0 Å². The van der Waals surface area contributed by atoms with E-state index in [1.54, 1.807) is 0 Å². The Hall–Kier alpha value is -1.02. The third-order valence-electron chi connectivity index (χ3n) is 6.15. The van der Waals surface area contributed by atoms with Crippen LogP contribution >= 0.6 is 0 Å². The fourth-order valence-corrected chi connectivity index (χ4v) is 5.74. The monoisotopic (exact) mass is 298 g/mol. The van der Waals surface area contributed by atoms with Crippen molar-refractivity contribution in [2.75, 3.05) is 5.32 Å². The van der Waals surface area contributed by atoms with Gasteiger partial charge in [-0.15, -0.1) is 0 Å². The number of nitrogens with one attached hydrogen (secondary N) is 2. The molecule has 0 spiro atoms. The molecule has 0 aromatic heterocycles. The second-order valence-electron chi connectivity index (χ2n) is 8.51. The molecule has 2 nitrogen and oxygen atoms in total. The number of para-hydroxylation sites is 1. The van der Waals surface area contributed by atoms with E-state index in [0.29, 0.717) is 11.6 Å². The van der Waals surface area contributed by atoms with Crippen molar-refractivity contribution in [2.24, 2.45) is 17.8 Å². The van der Waals surface area contributed by atoms with Crippen LogP contribution in [0.25, 0.3) is 0 Å². The van der Waals surface area contributed by atoms with Crippen molar-refractivity contribution >= 4 is 5.69 Å². The largest absolute Gasteiger partial charge is 0.383 e. The van der Waals surface area contributed by atoms with E-state index < -0.39 is 0 Å². The average molecular weight is 298 g/mol. The molecule has 0 radical (unpaired) electrons. The fraction of sp³-hybridized carbons (Fsp3) is 0.700. The Bertz CT molecular complexity index is 499. The molecule has 2 heteroatoms. The second kappa shape index (κ2) is 5.56. The first kappa shape index (κ1) is 14.6. The van der Waals surface area contributed by atoms with Gasteiger partial charge in [-0.05, 0) is 81.8 Å². The Morgan fingerprint density at radius 3 is 2.18 bits per heavy atom. The predicted octanol–water partition coefficient (Wildman–Crippen LogP) is 4.57. The van der Waals surface area contributed by atoms with Crippen LogP contribution in [0.5, 0.6) is 0 Å². The first-order valence-electron chi connectivity index (χ1n) is 9.21. The third-order valence-corrected chi connectivity index (χ3v) is 6.15. The summed E-state index contributed by atoms with van der Waals surface area (Å²) in [4.78, 5) is 0. The lowest BCUT2D eigenvalue weighted by Gasteiger charge is -2.57. The number of anilines is 1. The van der Waals surface area contributed by atoms with Crippen molar-refractivity contribution in [2.45, 2.75) is 70.5 Å². The van der Waals surface area contributed by atoms with Gasteiger partial charge in [0.25, 0.3) is 0 Å². The number of benzene rings is 1. The molecule has 4 aliphatic rings. The number of rotatable bonds is 5. The van der Waals surface area contributed by atoms with Crippen LogP contribution in [0, 0.1) is 17.8 Å². The SMILES string of the molecule is CC(C)Nc1ccccc1CNC12CC3CC(CC(C3)C1)C2. The molecule has 0 amide bonds. The second-order valence-corrected chi connectivity index (χ2v) is 8.51. The minimum Gasteiger partial charge on any atom is -0.383 e. The lowest BCUT2D eigenvalue weighted by Crippen LogP contribution is -2.58. The van der Waals surface area contributed by atoms with Crippen LogP contribution in [0.15, 0.2) is 24.3 Å². The van der Waals surface area contributed by atoms with E-state index in [9.17, 15) is 0 Å². The zero-order valence-corrected chi connectivity index (χ0v) is 14.1. The van der Waals surface area contributed by atoms with Gasteiger partial charge in [-0.1, -0.05) is 18.2 Å². The zero-order valence-electron chi connectivity index (χ0n) is 14.1. The van der Waals surface area contributed by atoms with Gasteiger partial charge in [0.2, 0.25) is 0 Å². The van der Waals surface area contributed by atoms with Crippen molar-refractivity contribution in [3.8, 4) is 0 Å². The highest BCUT2D eigenvalue weighted by Crippen LogP contribution is 2.55. The highest BCUT2D eigenvalue weighted by atomic mass is 15.0. The van der Waals surface area contributed by atoms with Crippen molar-refractivity contribution in [1.29, 1.82) is 0 Å². The number of hydrogen-bond acceptors (Lipinski definition) is 2.